The number of fused-ring (bicyclic) bond motifs is 1. The number of hydrogen-bond acceptors (Lipinski definition) is 3. The van der Waals surface area contributed by atoms with Gasteiger partial charge in [0.05, 0.1) is 21.1 Å². The second-order valence-corrected chi connectivity index (χ2v) is 7.36. The Labute approximate surface area is 142 Å². The monoisotopic (exact) mass is 356 g/mol. The number of nitrogens with zero attached hydrogens (tertiary/aromatic N) is 1. The van der Waals surface area contributed by atoms with Crippen molar-refractivity contribution in [2.75, 3.05) is 0 Å². The molecule has 1 saturated carbocycles. The Morgan fingerprint density at radius 1 is 1.29 bits per heavy atom. The predicted octanol–water partition coefficient (Wildman–Crippen LogP) is 4.47. The molecule has 0 unspecified atom stereocenters. The Bertz CT molecular complexity index is 680. The molecule has 0 spiro atoms. The summed E-state index contributed by atoms with van der Waals surface area (Å²) >= 11 is 1.55. The highest BCUT2D eigenvalue weighted by molar-refractivity contribution is 7.18. The fourth-order valence-electron chi connectivity index (χ4n) is 3.17. The highest BCUT2D eigenvalue weighted by Crippen LogP contribution is 2.37. The molecular weight excluding hydrogens is 337 g/mol. The minimum atomic E-state index is -4.16. The lowest BCUT2D eigenvalue weighted by atomic mass is 9.85. The summed E-state index contributed by atoms with van der Waals surface area (Å²) in [6.45, 7) is 0. The molecule has 1 amide bonds. The molecule has 0 aliphatic heterocycles. The Kier molecular flexibility index (Phi) is 5.08. The fourth-order valence-corrected chi connectivity index (χ4v) is 4.13. The summed E-state index contributed by atoms with van der Waals surface area (Å²) in [6, 6.07) is 7.40. The number of para-hydroxylation sites is 1. The third-order valence-corrected chi connectivity index (χ3v) is 5.50. The molecule has 1 N–H and O–H groups in total. The highest BCUT2D eigenvalue weighted by Gasteiger charge is 2.42. The minimum absolute atomic E-state index is 0.00359. The Morgan fingerprint density at radius 2 is 2.08 bits per heavy atom. The molecule has 3 rings (SSSR count). The van der Waals surface area contributed by atoms with Crippen molar-refractivity contribution in [1.29, 1.82) is 0 Å². The molecular formula is C17H19F3N2OS. The summed E-state index contributed by atoms with van der Waals surface area (Å²) in [6.07, 6.45) is -2.09. The maximum absolute atomic E-state index is 12.8. The summed E-state index contributed by atoms with van der Waals surface area (Å²) < 4.78 is 39.5. The number of alkyl halides is 3. The van der Waals surface area contributed by atoms with Crippen LogP contribution in [0.3, 0.4) is 0 Å². The van der Waals surface area contributed by atoms with E-state index in [9.17, 15) is 18.0 Å². The van der Waals surface area contributed by atoms with Crippen LogP contribution in [0.5, 0.6) is 0 Å². The summed E-state index contributed by atoms with van der Waals surface area (Å²) in [5.74, 6) is -1.48. The lowest BCUT2D eigenvalue weighted by molar-refractivity contribution is -0.184. The third kappa shape index (κ3) is 4.26. The van der Waals surface area contributed by atoms with Crippen LogP contribution >= 0.6 is 11.3 Å². The molecule has 0 saturated heterocycles. The van der Waals surface area contributed by atoms with Crippen molar-refractivity contribution in [3.63, 3.8) is 0 Å². The van der Waals surface area contributed by atoms with Crippen molar-refractivity contribution in [2.24, 2.45) is 5.92 Å². The summed E-state index contributed by atoms with van der Waals surface area (Å²) in [7, 11) is 0. The largest absolute Gasteiger partial charge is 0.391 e. The Balaban J connectivity index is 1.50. The number of aromatic nitrogens is 1. The van der Waals surface area contributed by atoms with E-state index in [-0.39, 0.29) is 31.2 Å². The van der Waals surface area contributed by atoms with E-state index in [1.54, 1.807) is 11.3 Å². The molecule has 130 valence electrons. The quantitative estimate of drug-likeness (QED) is 0.878. The fraction of sp³-hybridized carbons (Fsp3) is 0.529. The van der Waals surface area contributed by atoms with Gasteiger partial charge in [0, 0.05) is 18.9 Å². The smallest absolute Gasteiger partial charge is 0.353 e. The normalized spacial score (nSPS) is 21.8. The van der Waals surface area contributed by atoms with Crippen molar-refractivity contribution in [3.05, 3.63) is 29.3 Å². The van der Waals surface area contributed by atoms with Crippen LogP contribution in [-0.4, -0.2) is 23.1 Å². The zero-order valence-electron chi connectivity index (χ0n) is 13.1. The van der Waals surface area contributed by atoms with Crippen molar-refractivity contribution in [2.45, 2.75) is 50.7 Å². The van der Waals surface area contributed by atoms with Gasteiger partial charge in [-0.1, -0.05) is 18.6 Å². The van der Waals surface area contributed by atoms with E-state index in [2.05, 4.69) is 10.3 Å². The van der Waals surface area contributed by atoms with Crippen LogP contribution in [-0.2, 0) is 11.2 Å². The van der Waals surface area contributed by atoms with Gasteiger partial charge >= 0.3 is 6.18 Å². The van der Waals surface area contributed by atoms with Gasteiger partial charge in [-0.2, -0.15) is 13.2 Å². The number of carbonyl (C=O) groups excluding carboxylic acids is 1. The third-order valence-electron chi connectivity index (χ3n) is 4.41. The number of nitrogens with one attached hydrogen (secondary N) is 1. The Morgan fingerprint density at radius 3 is 2.83 bits per heavy atom. The minimum Gasteiger partial charge on any atom is -0.353 e. The molecule has 1 aliphatic rings. The molecule has 24 heavy (non-hydrogen) atoms. The van der Waals surface area contributed by atoms with Crippen molar-refractivity contribution in [1.82, 2.24) is 10.3 Å². The first-order valence-electron chi connectivity index (χ1n) is 8.12. The number of benzene rings is 1. The van der Waals surface area contributed by atoms with Gasteiger partial charge < -0.3 is 5.32 Å². The van der Waals surface area contributed by atoms with Gasteiger partial charge in [0.25, 0.3) is 0 Å². The molecule has 1 aromatic carbocycles. The SMILES string of the molecule is O=C(CCc1nc2ccccc2s1)N[C@H]1CCC[C@H](C(F)(F)F)C1. The first-order valence-corrected chi connectivity index (χ1v) is 8.94. The molecule has 1 aromatic heterocycles. The zero-order valence-corrected chi connectivity index (χ0v) is 13.9. The zero-order chi connectivity index (χ0) is 17.2. The van der Waals surface area contributed by atoms with Crippen LogP contribution in [0, 0.1) is 5.92 Å². The van der Waals surface area contributed by atoms with E-state index in [1.807, 2.05) is 24.3 Å². The molecule has 1 heterocycles. The maximum Gasteiger partial charge on any atom is 0.391 e. The molecule has 2 atom stereocenters. The van der Waals surface area contributed by atoms with Gasteiger partial charge in [0.1, 0.15) is 0 Å². The lowest BCUT2D eigenvalue weighted by Crippen LogP contribution is -2.41. The van der Waals surface area contributed by atoms with Crippen molar-refractivity contribution in [3.8, 4) is 0 Å². The Hall–Kier alpha value is -1.63. The van der Waals surface area contributed by atoms with E-state index in [1.165, 1.54) is 0 Å². The molecule has 3 nitrogen and oxygen atoms in total. The van der Waals surface area contributed by atoms with E-state index in [0.717, 1.165) is 15.2 Å². The molecule has 0 radical (unpaired) electrons. The van der Waals surface area contributed by atoms with Gasteiger partial charge in [-0.05, 0) is 31.4 Å². The van der Waals surface area contributed by atoms with E-state index in [0.29, 0.717) is 19.3 Å². The number of aryl methyl sites for hydroxylation is 1. The standard InChI is InChI=1S/C17H19F3N2OS/c18-17(19,20)11-4-3-5-12(10-11)21-15(23)8-9-16-22-13-6-1-2-7-14(13)24-16/h1-2,6-7,11-12H,3-5,8-10H2,(H,21,23)/t11-,12-/m0/s1. The van der Waals surface area contributed by atoms with Crippen LogP contribution in [0.25, 0.3) is 10.2 Å². The van der Waals surface area contributed by atoms with Gasteiger partial charge in [-0.25, -0.2) is 4.98 Å². The maximum atomic E-state index is 12.8. The van der Waals surface area contributed by atoms with Crippen LogP contribution < -0.4 is 5.32 Å². The molecule has 7 heteroatoms. The average molecular weight is 356 g/mol. The molecule has 1 aliphatic carbocycles. The van der Waals surface area contributed by atoms with Crippen LogP contribution in [0.2, 0.25) is 0 Å². The number of carbonyl (C=O) groups is 1. The lowest BCUT2D eigenvalue weighted by Gasteiger charge is -2.31. The van der Waals surface area contributed by atoms with Gasteiger partial charge in [-0.3, -0.25) is 4.79 Å². The van der Waals surface area contributed by atoms with Crippen molar-refractivity contribution >= 4 is 27.5 Å². The van der Waals surface area contributed by atoms with E-state index < -0.39 is 12.1 Å². The first-order chi connectivity index (χ1) is 11.4. The molecule has 0 bridgehead atoms. The first kappa shape index (κ1) is 17.2. The van der Waals surface area contributed by atoms with Crippen LogP contribution in [0.4, 0.5) is 13.2 Å². The molecule has 2 aromatic rings. The van der Waals surface area contributed by atoms with E-state index >= 15 is 0 Å². The average Bonchev–Trinajstić information content (AvgIpc) is 2.95. The summed E-state index contributed by atoms with van der Waals surface area (Å²) in [4.78, 5) is 16.5. The second-order valence-electron chi connectivity index (χ2n) is 6.24. The van der Waals surface area contributed by atoms with Crippen LogP contribution in [0.15, 0.2) is 24.3 Å². The predicted molar refractivity (Wildman–Crippen MR) is 87.9 cm³/mol. The number of thiazole rings is 1. The van der Waals surface area contributed by atoms with E-state index in [4.69, 9.17) is 0 Å². The van der Waals surface area contributed by atoms with Gasteiger partial charge in [0.15, 0.2) is 0 Å². The van der Waals surface area contributed by atoms with Crippen LogP contribution in [0.1, 0.15) is 37.1 Å². The molecule has 1 fully saturated rings. The number of hydrogen-bond donors (Lipinski definition) is 1. The summed E-state index contributed by atoms with van der Waals surface area (Å²) in [5.41, 5.74) is 0.915. The number of rotatable bonds is 4. The number of halogens is 3. The topological polar surface area (TPSA) is 42.0 Å². The van der Waals surface area contributed by atoms with Gasteiger partial charge in [-0.15, -0.1) is 11.3 Å². The van der Waals surface area contributed by atoms with Gasteiger partial charge in [0.2, 0.25) is 5.91 Å². The van der Waals surface area contributed by atoms with Crippen molar-refractivity contribution < 1.29 is 18.0 Å². The highest BCUT2D eigenvalue weighted by atomic mass is 32.1. The second kappa shape index (κ2) is 7.09. The number of amides is 1. The summed E-state index contributed by atoms with van der Waals surface area (Å²) in [5, 5.41) is 3.64.